The van der Waals surface area contributed by atoms with E-state index < -0.39 is 23.7 Å². The number of carbonyl (C=O) groups excluding carboxylic acids is 1. The van der Waals surface area contributed by atoms with E-state index >= 15 is 0 Å². The largest absolute Gasteiger partial charge is 0.493 e. The number of hydrogen-bond donors (Lipinski definition) is 2. The molecule has 0 heterocycles. The predicted molar refractivity (Wildman–Crippen MR) is 122 cm³/mol. The van der Waals surface area contributed by atoms with Gasteiger partial charge in [0, 0.05) is 20.1 Å². The average Bonchev–Trinajstić information content (AvgIpc) is 2.68. The minimum absolute atomic E-state index is 0.0146. The molecule has 8 nitrogen and oxygen atoms in total. The van der Waals surface area contributed by atoms with Crippen molar-refractivity contribution in [1.29, 1.82) is 0 Å². The number of carboxylic acid groups (broad SMARTS) is 1. The third-order valence-corrected chi connectivity index (χ3v) is 4.95. The number of hydrogen-bond acceptors (Lipinski definition) is 6. The maximum Gasteiger partial charge on any atom is 0.408 e. The van der Waals surface area contributed by atoms with Gasteiger partial charge in [0.25, 0.3) is 0 Å². The third kappa shape index (κ3) is 10.2. The summed E-state index contributed by atoms with van der Waals surface area (Å²) in [6, 6.07) is 4.69. The maximum absolute atomic E-state index is 12.1. The van der Waals surface area contributed by atoms with Crippen molar-refractivity contribution in [2.75, 3.05) is 27.4 Å². The van der Waals surface area contributed by atoms with Crippen LogP contribution in [0.4, 0.5) is 4.79 Å². The SMILES string of the molecule is COCCCOc1cc(CC(CC(NC(=O)OC(C)(C)C)C(=O)O)C(C)C)ccc1OC. The second-order valence-electron chi connectivity index (χ2n) is 9.16. The second-order valence-corrected chi connectivity index (χ2v) is 9.16. The minimum atomic E-state index is -1.08. The molecule has 2 unspecified atom stereocenters. The fraction of sp³-hybridized carbons (Fsp3) is 0.667. The van der Waals surface area contributed by atoms with Crippen LogP contribution >= 0.6 is 0 Å². The van der Waals surface area contributed by atoms with E-state index in [9.17, 15) is 14.7 Å². The number of methoxy groups -OCH3 is 2. The molecular formula is C24H39NO7. The number of nitrogens with one attached hydrogen (secondary N) is 1. The Kier molecular flexibility index (Phi) is 11.3. The molecule has 1 rings (SSSR count). The summed E-state index contributed by atoms with van der Waals surface area (Å²) in [5, 5.41) is 12.1. The van der Waals surface area contributed by atoms with Crippen molar-refractivity contribution in [1.82, 2.24) is 5.32 Å². The van der Waals surface area contributed by atoms with Crippen LogP contribution < -0.4 is 14.8 Å². The average molecular weight is 454 g/mol. The van der Waals surface area contributed by atoms with E-state index in [1.54, 1.807) is 35.0 Å². The molecule has 182 valence electrons. The van der Waals surface area contributed by atoms with Gasteiger partial charge in [-0.25, -0.2) is 9.59 Å². The van der Waals surface area contributed by atoms with Crippen LogP contribution in [0.2, 0.25) is 0 Å². The number of aliphatic carboxylic acids is 1. The van der Waals surface area contributed by atoms with Gasteiger partial charge in [0.1, 0.15) is 11.6 Å². The number of alkyl carbamates (subject to hydrolysis) is 1. The standard InChI is InChI=1S/C24H39NO7/c1-16(2)18(15-19(22(26)27)25-23(28)32-24(3,4)5)13-17-9-10-20(30-7)21(14-17)31-12-8-11-29-6/h9-10,14,16,18-19H,8,11-13,15H2,1-7H3,(H,25,28)(H,26,27). The first-order chi connectivity index (χ1) is 15.0. The Morgan fingerprint density at radius 2 is 1.78 bits per heavy atom. The van der Waals surface area contributed by atoms with Gasteiger partial charge in [-0.05, 0) is 63.1 Å². The van der Waals surface area contributed by atoms with Gasteiger partial charge in [0.2, 0.25) is 0 Å². The molecule has 0 saturated carbocycles. The molecule has 0 spiro atoms. The Balaban J connectivity index is 2.92. The first-order valence-electron chi connectivity index (χ1n) is 11.0. The quantitative estimate of drug-likeness (QED) is 0.429. The van der Waals surface area contributed by atoms with Crippen LogP contribution in [0.3, 0.4) is 0 Å². The van der Waals surface area contributed by atoms with Crippen LogP contribution in [0.1, 0.15) is 53.0 Å². The molecule has 1 aromatic carbocycles. The van der Waals surface area contributed by atoms with Crippen molar-refractivity contribution in [3.05, 3.63) is 23.8 Å². The van der Waals surface area contributed by atoms with Crippen molar-refractivity contribution >= 4 is 12.1 Å². The Bertz CT molecular complexity index is 728. The summed E-state index contributed by atoms with van der Waals surface area (Å²) in [6.07, 6.45) is 0.941. The second kappa shape index (κ2) is 13.2. The summed E-state index contributed by atoms with van der Waals surface area (Å²) in [7, 11) is 3.24. The van der Waals surface area contributed by atoms with Crippen LogP contribution in [-0.2, 0) is 20.7 Å². The molecule has 0 aliphatic carbocycles. The molecule has 0 bridgehead atoms. The zero-order chi connectivity index (χ0) is 24.3. The first-order valence-corrected chi connectivity index (χ1v) is 11.0. The predicted octanol–water partition coefficient (Wildman–Crippen LogP) is 4.29. The Hall–Kier alpha value is -2.48. The van der Waals surface area contributed by atoms with Crippen LogP contribution in [0.25, 0.3) is 0 Å². The summed E-state index contributed by atoms with van der Waals surface area (Å²) >= 11 is 0. The van der Waals surface area contributed by atoms with E-state index in [-0.39, 0.29) is 18.3 Å². The number of rotatable bonds is 13. The molecule has 0 fully saturated rings. The molecule has 2 N–H and O–H groups in total. The van der Waals surface area contributed by atoms with E-state index in [0.29, 0.717) is 31.1 Å². The van der Waals surface area contributed by atoms with Gasteiger partial charge in [0.15, 0.2) is 11.5 Å². The lowest BCUT2D eigenvalue weighted by Crippen LogP contribution is -2.45. The van der Waals surface area contributed by atoms with E-state index in [4.69, 9.17) is 18.9 Å². The molecule has 1 amide bonds. The lowest BCUT2D eigenvalue weighted by atomic mass is 9.84. The molecule has 0 aliphatic heterocycles. The number of carboxylic acids is 1. The van der Waals surface area contributed by atoms with Crippen molar-refractivity contribution in [2.45, 2.75) is 65.5 Å². The first kappa shape index (κ1) is 27.6. The van der Waals surface area contributed by atoms with Crippen LogP contribution in [0.5, 0.6) is 11.5 Å². The van der Waals surface area contributed by atoms with Crippen molar-refractivity contribution in [3.63, 3.8) is 0 Å². The van der Waals surface area contributed by atoms with Gasteiger partial charge in [0.05, 0.1) is 13.7 Å². The smallest absolute Gasteiger partial charge is 0.408 e. The van der Waals surface area contributed by atoms with E-state index in [0.717, 1.165) is 12.0 Å². The highest BCUT2D eigenvalue weighted by Crippen LogP contribution is 2.31. The highest BCUT2D eigenvalue weighted by Gasteiger charge is 2.28. The number of amides is 1. The van der Waals surface area contributed by atoms with E-state index in [1.165, 1.54) is 0 Å². The normalized spacial score (nSPS) is 13.4. The monoisotopic (exact) mass is 453 g/mol. The summed E-state index contributed by atoms with van der Waals surface area (Å²) < 4.78 is 21.5. The van der Waals surface area contributed by atoms with E-state index in [2.05, 4.69) is 5.32 Å². The van der Waals surface area contributed by atoms with Crippen molar-refractivity contribution in [3.8, 4) is 11.5 Å². The van der Waals surface area contributed by atoms with Crippen LogP contribution in [0.15, 0.2) is 18.2 Å². The summed E-state index contributed by atoms with van der Waals surface area (Å²) in [4.78, 5) is 23.9. The topological polar surface area (TPSA) is 103 Å². The summed E-state index contributed by atoms with van der Waals surface area (Å²) in [5.41, 5.74) is 0.306. The lowest BCUT2D eigenvalue weighted by Gasteiger charge is -2.26. The fourth-order valence-electron chi connectivity index (χ4n) is 3.21. The minimum Gasteiger partial charge on any atom is -0.493 e. The highest BCUT2D eigenvalue weighted by molar-refractivity contribution is 5.80. The zero-order valence-corrected chi connectivity index (χ0v) is 20.4. The maximum atomic E-state index is 12.1. The summed E-state index contributed by atoms with van der Waals surface area (Å²) in [5.74, 6) is 0.414. The molecule has 2 atom stereocenters. The van der Waals surface area contributed by atoms with Gasteiger partial charge < -0.3 is 29.4 Å². The van der Waals surface area contributed by atoms with Crippen molar-refractivity contribution < 1.29 is 33.6 Å². The van der Waals surface area contributed by atoms with Crippen LogP contribution in [-0.4, -0.2) is 56.2 Å². The number of ether oxygens (including phenoxy) is 4. The Morgan fingerprint density at radius 1 is 1.09 bits per heavy atom. The molecule has 0 aromatic heterocycles. The molecule has 1 aromatic rings. The molecule has 0 aliphatic rings. The zero-order valence-electron chi connectivity index (χ0n) is 20.4. The van der Waals surface area contributed by atoms with Gasteiger partial charge in [-0.15, -0.1) is 0 Å². The Labute approximate surface area is 191 Å². The highest BCUT2D eigenvalue weighted by atomic mass is 16.6. The van der Waals surface area contributed by atoms with Crippen molar-refractivity contribution in [2.24, 2.45) is 11.8 Å². The van der Waals surface area contributed by atoms with E-state index in [1.807, 2.05) is 32.0 Å². The number of benzene rings is 1. The number of carbonyl (C=O) groups is 2. The molecule has 32 heavy (non-hydrogen) atoms. The van der Waals surface area contributed by atoms with Gasteiger partial charge in [-0.2, -0.15) is 0 Å². The summed E-state index contributed by atoms with van der Waals surface area (Å²) in [6.45, 7) is 10.4. The van der Waals surface area contributed by atoms with Gasteiger partial charge >= 0.3 is 12.1 Å². The lowest BCUT2D eigenvalue weighted by molar-refractivity contribution is -0.140. The molecule has 0 saturated heterocycles. The van der Waals surface area contributed by atoms with Crippen LogP contribution in [0, 0.1) is 11.8 Å². The molecular weight excluding hydrogens is 414 g/mol. The molecule has 8 heteroatoms. The van der Waals surface area contributed by atoms with Gasteiger partial charge in [-0.3, -0.25) is 0 Å². The Morgan fingerprint density at radius 3 is 2.31 bits per heavy atom. The fourth-order valence-corrected chi connectivity index (χ4v) is 3.21. The third-order valence-electron chi connectivity index (χ3n) is 4.95. The van der Waals surface area contributed by atoms with Gasteiger partial charge in [-0.1, -0.05) is 19.9 Å². The molecule has 0 radical (unpaired) electrons.